The topological polar surface area (TPSA) is 59.6 Å². The summed E-state index contributed by atoms with van der Waals surface area (Å²) >= 11 is 5.95. The minimum Gasteiger partial charge on any atom is -0.493 e. The highest BCUT2D eigenvalue weighted by Crippen LogP contribution is 2.27. The fourth-order valence-electron chi connectivity index (χ4n) is 2.55. The summed E-state index contributed by atoms with van der Waals surface area (Å²) in [7, 11) is 3.23. The van der Waals surface area contributed by atoms with E-state index >= 15 is 0 Å². The molecule has 0 fully saturated rings. The predicted octanol–water partition coefficient (Wildman–Crippen LogP) is 3.20. The summed E-state index contributed by atoms with van der Waals surface area (Å²) in [5.41, 5.74) is 2.19. The van der Waals surface area contributed by atoms with Crippen LogP contribution in [-0.2, 0) is 17.8 Å². The Morgan fingerprint density at radius 1 is 1.00 bits per heavy atom. The third-order valence-electron chi connectivity index (χ3n) is 3.93. The van der Waals surface area contributed by atoms with Crippen molar-refractivity contribution in [1.29, 1.82) is 0 Å². The van der Waals surface area contributed by atoms with Crippen molar-refractivity contribution in [2.45, 2.75) is 19.4 Å². The Balaban J connectivity index is 1.64. The molecule has 0 unspecified atom stereocenters. The van der Waals surface area contributed by atoms with Crippen LogP contribution in [0.3, 0.4) is 0 Å². The Bertz CT molecular complexity index is 722. The second-order valence-electron chi connectivity index (χ2n) is 5.85. The summed E-state index contributed by atoms with van der Waals surface area (Å²) in [4.78, 5) is 11.9. The summed E-state index contributed by atoms with van der Waals surface area (Å²) in [6.07, 6.45) is 1.20. The van der Waals surface area contributed by atoms with Crippen LogP contribution >= 0.6 is 11.6 Å². The Morgan fingerprint density at radius 3 is 2.54 bits per heavy atom. The third kappa shape index (κ3) is 6.58. The van der Waals surface area contributed by atoms with E-state index in [1.165, 1.54) is 0 Å². The molecule has 26 heavy (non-hydrogen) atoms. The lowest BCUT2D eigenvalue weighted by molar-refractivity contribution is -0.120. The Labute approximate surface area is 159 Å². The Morgan fingerprint density at radius 2 is 1.81 bits per heavy atom. The molecule has 0 aliphatic rings. The van der Waals surface area contributed by atoms with Gasteiger partial charge in [-0.3, -0.25) is 4.79 Å². The number of carbonyl (C=O) groups is 1. The maximum Gasteiger partial charge on any atom is 0.221 e. The Hall–Kier alpha value is -2.24. The molecule has 0 saturated heterocycles. The van der Waals surface area contributed by atoms with Crippen molar-refractivity contribution in [3.8, 4) is 11.5 Å². The molecule has 140 valence electrons. The van der Waals surface area contributed by atoms with Gasteiger partial charge < -0.3 is 20.1 Å². The van der Waals surface area contributed by atoms with Gasteiger partial charge in [-0.05, 0) is 41.8 Å². The highest BCUT2D eigenvalue weighted by Gasteiger charge is 2.05. The molecule has 0 saturated carbocycles. The SMILES string of the molecule is COc1ccc(CNCCC(=O)NCCc2cccc(Cl)c2)cc1OC. The maximum absolute atomic E-state index is 11.9. The first-order valence-electron chi connectivity index (χ1n) is 8.55. The molecular formula is C20H25ClN2O3. The number of carbonyl (C=O) groups excluding carboxylic acids is 1. The van der Waals surface area contributed by atoms with E-state index in [0.29, 0.717) is 42.6 Å². The van der Waals surface area contributed by atoms with Crippen molar-refractivity contribution in [2.24, 2.45) is 0 Å². The molecule has 0 spiro atoms. The van der Waals surface area contributed by atoms with Crippen LogP contribution in [0.2, 0.25) is 5.02 Å². The number of methoxy groups -OCH3 is 2. The fraction of sp³-hybridized carbons (Fsp3) is 0.350. The third-order valence-corrected chi connectivity index (χ3v) is 4.17. The van der Waals surface area contributed by atoms with Crippen LogP contribution in [0.4, 0.5) is 0 Å². The van der Waals surface area contributed by atoms with Crippen LogP contribution in [0.1, 0.15) is 17.5 Å². The van der Waals surface area contributed by atoms with E-state index in [-0.39, 0.29) is 5.91 Å². The van der Waals surface area contributed by atoms with Crippen molar-refractivity contribution >= 4 is 17.5 Å². The highest BCUT2D eigenvalue weighted by atomic mass is 35.5. The molecule has 0 aliphatic carbocycles. The summed E-state index contributed by atoms with van der Waals surface area (Å²) in [6, 6.07) is 13.4. The summed E-state index contributed by atoms with van der Waals surface area (Å²) in [5.74, 6) is 1.44. The molecule has 0 heterocycles. The standard InChI is InChI=1S/C20H25ClN2O3/c1-25-18-7-6-16(13-19(18)26-2)14-22-10-9-20(24)23-11-8-15-4-3-5-17(21)12-15/h3-7,12-13,22H,8-11,14H2,1-2H3,(H,23,24). The molecule has 2 aromatic carbocycles. The van der Waals surface area contributed by atoms with Crippen molar-refractivity contribution in [3.05, 3.63) is 58.6 Å². The average Bonchev–Trinajstić information content (AvgIpc) is 2.65. The molecule has 0 aliphatic heterocycles. The summed E-state index contributed by atoms with van der Waals surface area (Å²) in [6.45, 7) is 1.88. The van der Waals surface area contributed by atoms with Crippen molar-refractivity contribution in [3.63, 3.8) is 0 Å². The minimum atomic E-state index is 0.0341. The second-order valence-corrected chi connectivity index (χ2v) is 6.28. The van der Waals surface area contributed by atoms with Gasteiger partial charge in [0.25, 0.3) is 0 Å². The van der Waals surface area contributed by atoms with Crippen LogP contribution in [0.15, 0.2) is 42.5 Å². The van der Waals surface area contributed by atoms with Gasteiger partial charge >= 0.3 is 0 Å². The molecule has 0 atom stereocenters. The molecule has 0 aromatic heterocycles. The van der Waals surface area contributed by atoms with Gasteiger partial charge in [-0.15, -0.1) is 0 Å². The Kier molecular flexibility index (Phi) is 8.25. The number of ether oxygens (including phenoxy) is 2. The quantitative estimate of drug-likeness (QED) is 0.625. The lowest BCUT2D eigenvalue weighted by atomic mass is 10.1. The van der Waals surface area contributed by atoms with E-state index in [0.717, 1.165) is 17.5 Å². The maximum atomic E-state index is 11.9. The number of hydrogen-bond acceptors (Lipinski definition) is 4. The number of nitrogens with one attached hydrogen (secondary N) is 2. The number of benzene rings is 2. The monoisotopic (exact) mass is 376 g/mol. The molecule has 1 amide bonds. The van der Waals surface area contributed by atoms with E-state index in [1.54, 1.807) is 14.2 Å². The molecule has 6 heteroatoms. The lowest BCUT2D eigenvalue weighted by Crippen LogP contribution is -2.29. The second kappa shape index (κ2) is 10.7. The zero-order valence-electron chi connectivity index (χ0n) is 15.2. The number of hydrogen-bond donors (Lipinski definition) is 2. The largest absolute Gasteiger partial charge is 0.493 e. The van der Waals surface area contributed by atoms with Crippen LogP contribution in [0.5, 0.6) is 11.5 Å². The normalized spacial score (nSPS) is 10.4. The molecule has 0 radical (unpaired) electrons. The smallest absolute Gasteiger partial charge is 0.221 e. The first-order chi connectivity index (χ1) is 12.6. The molecule has 2 N–H and O–H groups in total. The molecular weight excluding hydrogens is 352 g/mol. The molecule has 2 aromatic rings. The molecule has 5 nitrogen and oxygen atoms in total. The van der Waals surface area contributed by atoms with Crippen LogP contribution in [0, 0.1) is 0 Å². The van der Waals surface area contributed by atoms with E-state index in [1.807, 2.05) is 42.5 Å². The van der Waals surface area contributed by atoms with E-state index in [4.69, 9.17) is 21.1 Å². The first-order valence-corrected chi connectivity index (χ1v) is 8.93. The van der Waals surface area contributed by atoms with E-state index < -0.39 is 0 Å². The average molecular weight is 377 g/mol. The summed E-state index contributed by atoms with van der Waals surface area (Å²) < 4.78 is 10.5. The van der Waals surface area contributed by atoms with Crippen molar-refractivity contribution in [2.75, 3.05) is 27.3 Å². The van der Waals surface area contributed by atoms with Gasteiger partial charge in [0, 0.05) is 31.1 Å². The highest BCUT2D eigenvalue weighted by molar-refractivity contribution is 6.30. The van der Waals surface area contributed by atoms with Gasteiger partial charge in [0.05, 0.1) is 14.2 Å². The van der Waals surface area contributed by atoms with Crippen LogP contribution in [-0.4, -0.2) is 33.2 Å². The van der Waals surface area contributed by atoms with Gasteiger partial charge in [0.15, 0.2) is 11.5 Å². The number of rotatable bonds is 10. The van der Waals surface area contributed by atoms with Gasteiger partial charge in [-0.1, -0.05) is 29.8 Å². The lowest BCUT2D eigenvalue weighted by Gasteiger charge is -2.10. The van der Waals surface area contributed by atoms with E-state index in [2.05, 4.69) is 10.6 Å². The van der Waals surface area contributed by atoms with Crippen LogP contribution in [0.25, 0.3) is 0 Å². The van der Waals surface area contributed by atoms with Crippen molar-refractivity contribution < 1.29 is 14.3 Å². The number of halogens is 1. The summed E-state index contributed by atoms with van der Waals surface area (Å²) in [5, 5.41) is 6.90. The molecule has 2 rings (SSSR count). The fourth-order valence-corrected chi connectivity index (χ4v) is 2.77. The molecule has 0 bridgehead atoms. The van der Waals surface area contributed by atoms with Gasteiger partial charge in [0.2, 0.25) is 5.91 Å². The predicted molar refractivity (Wildman–Crippen MR) is 104 cm³/mol. The zero-order valence-corrected chi connectivity index (χ0v) is 15.9. The number of amides is 1. The zero-order chi connectivity index (χ0) is 18.8. The van der Waals surface area contributed by atoms with Crippen molar-refractivity contribution in [1.82, 2.24) is 10.6 Å². The van der Waals surface area contributed by atoms with Crippen LogP contribution < -0.4 is 20.1 Å². The van der Waals surface area contributed by atoms with Gasteiger partial charge in [0.1, 0.15) is 0 Å². The minimum absolute atomic E-state index is 0.0341. The van der Waals surface area contributed by atoms with Gasteiger partial charge in [-0.25, -0.2) is 0 Å². The van der Waals surface area contributed by atoms with E-state index in [9.17, 15) is 4.79 Å². The van der Waals surface area contributed by atoms with Gasteiger partial charge in [-0.2, -0.15) is 0 Å². The first kappa shape index (κ1) is 20.1.